The molecular weight excluding hydrogens is 232 g/mol. The van der Waals surface area contributed by atoms with Crippen LogP contribution in [0.25, 0.3) is 0 Å². The van der Waals surface area contributed by atoms with Crippen molar-refractivity contribution in [3.63, 3.8) is 0 Å². The number of esters is 1. The molecule has 0 unspecified atom stereocenters. The molecule has 1 aromatic rings. The van der Waals surface area contributed by atoms with Crippen molar-refractivity contribution in [3.8, 4) is 0 Å². The van der Waals surface area contributed by atoms with Crippen LogP contribution in [-0.2, 0) is 4.74 Å². The van der Waals surface area contributed by atoms with Crippen molar-refractivity contribution in [2.75, 3.05) is 25.1 Å². The third kappa shape index (κ3) is 2.18. The first-order chi connectivity index (χ1) is 8.49. The summed E-state index contributed by atoms with van der Waals surface area (Å²) >= 11 is 0. The van der Waals surface area contributed by atoms with Gasteiger partial charge in [-0.25, -0.2) is 9.78 Å². The second kappa shape index (κ2) is 4.57. The van der Waals surface area contributed by atoms with Crippen LogP contribution >= 0.6 is 0 Å². The zero-order chi connectivity index (χ0) is 13.3. The van der Waals surface area contributed by atoms with Crippen molar-refractivity contribution < 1.29 is 14.6 Å². The van der Waals surface area contributed by atoms with E-state index in [1.165, 1.54) is 7.11 Å². The quantitative estimate of drug-likeness (QED) is 0.815. The molecule has 1 aliphatic rings. The molecule has 0 aliphatic carbocycles. The number of aromatic nitrogens is 1. The van der Waals surface area contributed by atoms with Crippen molar-refractivity contribution in [1.82, 2.24) is 4.98 Å². The second-order valence-corrected chi connectivity index (χ2v) is 4.73. The number of hydrogen-bond acceptors (Lipinski definition) is 5. The molecular formula is C13H18N2O3. The molecule has 0 atom stereocenters. The van der Waals surface area contributed by atoms with Gasteiger partial charge in [-0.2, -0.15) is 0 Å². The summed E-state index contributed by atoms with van der Waals surface area (Å²) in [5.41, 5.74) is 0.537. The van der Waals surface area contributed by atoms with Gasteiger partial charge in [0.1, 0.15) is 5.82 Å². The molecule has 5 nitrogen and oxygen atoms in total. The van der Waals surface area contributed by atoms with Gasteiger partial charge in [-0.05, 0) is 25.5 Å². The highest BCUT2D eigenvalue weighted by atomic mass is 16.5. The zero-order valence-corrected chi connectivity index (χ0v) is 10.9. The number of nitrogens with zero attached hydrogens (tertiary/aromatic N) is 2. The number of methoxy groups -OCH3 is 1. The predicted molar refractivity (Wildman–Crippen MR) is 67.8 cm³/mol. The lowest BCUT2D eigenvalue weighted by molar-refractivity contribution is 0.00802. The highest BCUT2D eigenvalue weighted by molar-refractivity contribution is 5.90. The van der Waals surface area contributed by atoms with E-state index in [4.69, 9.17) is 0 Å². The number of aliphatic hydroxyl groups is 1. The molecule has 2 rings (SSSR count). The van der Waals surface area contributed by atoms with E-state index in [9.17, 15) is 9.90 Å². The van der Waals surface area contributed by atoms with Gasteiger partial charge in [-0.15, -0.1) is 0 Å². The maximum absolute atomic E-state index is 11.4. The number of ether oxygens (including phenoxy) is 1. The molecule has 1 saturated heterocycles. The van der Waals surface area contributed by atoms with Gasteiger partial charge >= 0.3 is 5.97 Å². The lowest BCUT2D eigenvalue weighted by Gasteiger charge is -2.46. The van der Waals surface area contributed by atoms with Gasteiger partial charge in [-0.3, -0.25) is 0 Å². The van der Waals surface area contributed by atoms with E-state index in [2.05, 4.69) is 9.72 Å². The first-order valence-corrected chi connectivity index (χ1v) is 6.02. The van der Waals surface area contributed by atoms with Crippen LogP contribution in [0.15, 0.2) is 12.1 Å². The van der Waals surface area contributed by atoms with Crippen LogP contribution in [0.2, 0.25) is 0 Å². The minimum absolute atomic E-state index is 0.375. The topological polar surface area (TPSA) is 62.7 Å². The summed E-state index contributed by atoms with van der Waals surface area (Å²) < 4.78 is 4.68. The Labute approximate surface area is 106 Å². The molecule has 0 radical (unpaired) electrons. The van der Waals surface area contributed by atoms with Crippen molar-refractivity contribution in [1.29, 1.82) is 0 Å². The van der Waals surface area contributed by atoms with E-state index in [-0.39, 0.29) is 5.97 Å². The number of hydrogen-bond donors (Lipinski definition) is 1. The number of carbonyl (C=O) groups is 1. The molecule has 2 heterocycles. The lowest BCUT2D eigenvalue weighted by Crippen LogP contribution is -2.61. The number of β-amino-alcohol motifs (C(OH)–C–C–N with tert-alkyl or cyclic N) is 1. The molecule has 98 valence electrons. The minimum Gasteiger partial charge on any atom is -0.465 e. The largest absolute Gasteiger partial charge is 0.465 e. The molecule has 0 bridgehead atoms. The summed E-state index contributed by atoms with van der Waals surface area (Å²) in [6.45, 7) is 4.93. The smallest absolute Gasteiger partial charge is 0.339 e. The molecule has 1 aliphatic heterocycles. The molecule has 1 N–H and O–H groups in total. The monoisotopic (exact) mass is 250 g/mol. The normalized spacial score (nSPS) is 17.2. The van der Waals surface area contributed by atoms with Crippen LogP contribution < -0.4 is 4.90 Å². The summed E-state index contributed by atoms with van der Waals surface area (Å²) in [7, 11) is 1.35. The fourth-order valence-electron chi connectivity index (χ4n) is 2.10. The maximum Gasteiger partial charge on any atom is 0.339 e. The SMILES string of the molecule is CCC1(O)CN(c2ccc(C(=O)OC)c(C)n2)C1. The first-order valence-electron chi connectivity index (χ1n) is 6.02. The van der Waals surface area contributed by atoms with Crippen molar-refractivity contribution in [2.24, 2.45) is 0 Å². The van der Waals surface area contributed by atoms with E-state index in [1.807, 2.05) is 11.8 Å². The number of rotatable bonds is 3. The van der Waals surface area contributed by atoms with Gasteiger partial charge in [-0.1, -0.05) is 6.92 Å². The average Bonchev–Trinajstić information content (AvgIpc) is 2.34. The Bertz CT molecular complexity index is 467. The molecule has 0 aromatic carbocycles. The highest BCUT2D eigenvalue weighted by Gasteiger charge is 2.40. The van der Waals surface area contributed by atoms with Gasteiger partial charge in [0.15, 0.2) is 0 Å². The van der Waals surface area contributed by atoms with Gasteiger partial charge in [0.2, 0.25) is 0 Å². The molecule has 1 fully saturated rings. The molecule has 0 spiro atoms. The van der Waals surface area contributed by atoms with Crippen LogP contribution in [-0.4, -0.2) is 41.9 Å². The van der Waals surface area contributed by atoms with Gasteiger partial charge < -0.3 is 14.7 Å². The van der Waals surface area contributed by atoms with Crippen molar-refractivity contribution in [2.45, 2.75) is 25.9 Å². The average molecular weight is 250 g/mol. The number of anilines is 1. The molecule has 5 heteroatoms. The minimum atomic E-state index is -0.587. The predicted octanol–water partition coefficient (Wildman–Crippen LogP) is 1.14. The number of aryl methyl sites for hydroxylation is 1. The first kappa shape index (κ1) is 12.8. The summed E-state index contributed by atoms with van der Waals surface area (Å²) in [5, 5.41) is 9.96. The fourth-order valence-corrected chi connectivity index (χ4v) is 2.10. The highest BCUT2D eigenvalue weighted by Crippen LogP contribution is 2.29. The van der Waals surface area contributed by atoms with Gasteiger partial charge in [0.05, 0.1) is 24.0 Å². The zero-order valence-electron chi connectivity index (χ0n) is 10.9. The van der Waals surface area contributed by atoms with Crippen LogP contribution in [0.3, 0.4) is 0 Å². The van der Waals surface area contributed by atoms with E-state index in [0.717, 1.165) is 12.2 Å². The maximum atomic E-state index is 11.4. The van der Waals surface area contributed by atoms with E-state index < -0.39 is 5.60 Å². The Balaban J connectivity index is 2.14. The van der Waals surface area contributed by atoms with Crippen LogP contribution in [0.1, 0.15) is 29.4 Å². The Morgan fingerprint density at radius 1 is 1.56 bits per heavy atom. The lowest BCUT2D eigenvalue weighted by atomic mass is 9.91. The Morgan fingerprint density at radius 2 is 2.22 bits per heavy atom. The Morgan fingerprint density at radius 3 is 2.72 bits per heavy atom. The summed E-state index contributed by atoms with van der Waals surface area (Å²) in [5.74, 6) is 0.415. The van der Waals surface area contributed by atoms with E-state index in [0.29, 0.717) is 24.3 Å². The van der Waals surface area contributed by atoms with Gasteiger partial charge in [0.25, 0.3) is 0 Å². The van der Waals surface area contributed by atoms with E-state index in [1.54, 1.807) is 19.1 Å². The molecule has 0 amide bonds. The molecule has 0 saturated carbocycles. The van der Waals surface area contributed by atoms with Crippen molar-refractivity contribution >= 4 is 11.8 Å². The second-order valence-electron chi connectivity index (χ2n) is 4.73. The third-order valence-corrected chi connectivity index (χ3v) is 3.43. The summed E-state index contributed by atoms with van der Waals surface area (Å²) in [4.78, 5) is 17.8. The molecule has 1 aromatic heterocycles. The van der Waals surface area contributed by atoms with Crippen LogP contribution in [0.5, 0.6) is 0 Å². The van der Waals surface area contributed by atoms with Crippen LogP contribution in [0, 0.1) is 6.92 Å². The standard InChI is InChI=1S/C13H18N2O3/c1-4-13(17)7-15(8-13)11-6-5-10(9(2)14-11)12(16)18-3/h5-6,17H,4,7-8H2,1-3H3. The Hall–Kier alpha value is -1.62. The summed E-state index contributed by atoms with van der Waals surface area (Å²) in [6.07, 6.45) is 0.739. The molecule has 18 heavy (non-hydrogen) atoms. The van der Waals surface area contributed by atoms with Crippen molar-refractivity contribution in [3.05, 3.63) is 23.4 Å². The summed E-state index contributed by atoms with van der Waals surface area (Å²) in [6, 6.07) is 3.50. The number of carbonyl (C=O) groups excluding carboxylic acids is 1. The fraction of sp³-hybridized carbons (Fsp3) is 0.538. The van der Waals surface area contributed by atoms with E-state index >= 15 is 0 Å². The third-order valence-electron chi connectivity index (χ3n) is 3.43. The Kier molecular flexibility index (Phi) is 3.26. The van der Waals surface area contributed by atoms with Crippen LogP contribution in [0.4, 0.5) is 5.82 Å². The van der Waals surface area contributed by atoms with Gasteiger partial charge in [0, 0.05) is 13.1 Å². The number of pyridine rings is 1.